The maximum atomic E-state index is 14.2. The molecule has 50 heavy (non-hydrogen) atoms. The number of nitrogens with one attached hydrogen (secondary N) is 5. The number of benzene rings is 4. The van der Waals surface area contributed by atoms with Gasteiger partial charge in [-0.1, -0.05) is 51.1 Å². The van der Waals surface area contributed by atoms with Crippen molar-refractivity contribution in [2.45, 2.75) is 58.4 Å². The van der Waals surface area contributed by atoms with E-state index in [9.17, 15) is 14.7 Å². The van der Waals surface area contributed by atoms with Crippen molar-refractivity contribution >= 4 is 34.5 Å². The topological polar surface area (TPSA) is 155 Å². The second-order valence-corrected chi connectivity index (χ2v) is 14.3. The SMILES string of the molecule is CC1CCCN(C(=N)NC(=N)Nc2ccc(C(C)(C)C(C)(C)NC(=O)c3ccccc3-c3c4ccc(=O)cc-4oc4cc(O)ccc34)cc2)C1. The molecule has 1 unspecified atom stereocenters. The van der Waals surface area contributed by atoms with E-state index in [1.165, 1.54) is 18.2 Å². The highest BCUT2D eigenvalue weighted by Gasteiger charge is 2.40. The minimum absolute atomic E-state index is 0.0293. The molecular formula is C40H44N6O4. The molecule has 1 saturated heterocycles. The van der Waals surface area contributed by atoms with Gasteiger partial charge in [0.05, 0.1) is 0 Å². The summed E-state index contributed by atoms with van der Waals surface area (Å²) in [4.78, 5) is 28.4. The van der Waals surface area contributed by atoms with Crippen LogP contribution < -0.4 is 21.4 Å². The number of amides is 1. The van der Waals surface area contributed by atoms with Crippen LogP contribution in [0.1, 0.15) is 63.4 Å². The van der Waals surface area contributed by atoms with Gasteiger partial charge in [0.2, 0.25) is 0 Å². The molecule has 6 rings (SSSR count). The lowest BCUT2D eigenvalue weighted by atomic mass is 9.69. The summed E-state index contributed by atoms with van der Waals surface area (Å²) in [5.41, 5.74) is 3.18. The Bertz CT molecular complexity index is 2120. The van der Waals surface area contributed by atoms with Crippen molar-refractivity contribution in [3.63, 3.8) is 0 Å². The molecule has 3 aromatic rings. The number of hydrogen-bond donors (Lipinski definition) is 6. The van der Waals surface area contributed by atoms with Gasteiger partial charge in [-0.2, -0.15) is 0 Å². The first-order valence-electron chi connectivity index (χ1n) is 16.9. The smallest absolute Gasteiger partial charge is 0.252 e. The lowest BCUT2D eigenvalue weighted by Gasteiger charge is -2.43. The van der Waals surface area contributed by atoms with Crippen LogP contribution in [-0.2, 0) is 5.41 Å². The Balaban J connectivity index is 1.22. The fraction of sp³-hybridized carbons (Fsp3) is 0.300. The Morgan fingerprint density at radius 2 is 1.68 bits per heavy atom. The van der Waals surface area contributed by atoms with E-state index in [-0.39, 0.29) is 29.0 Å². The van der Waals surface area contributed by atoms with Gasteiger partial charge >= 0.3 is 0 Å². The number of phenols is 1. The molecule has 2 heterocycles. The van der Waals surface area contributed by atoms with Crippen LogP contribution in [0.15, 0.2) is 94.1 Å². The number of fused-ring (bicyclic) bond motifs is 2. The third-order valence-corrected chi connectivity index (χ3v) is 10.2. The molecule has 0 bridgehead atoms. The Morgan fingerprint density at radius 1 is 0.940 bits per heavy atom. The number of anilines is 1. The lowest BCUT2D eigenvalue weighted by molar-refractivity contribution is 0.0873. The van der Waals surface area contributed by atoms with Crippen LogP contribution in [0, 0.1) is 16.7 Å². The Labute approximate surface area is 291 Å². The van der Waals surface area contributed by atoms with Crippen LogP contribution in [0.3, 0.4) is 0 Å². The number of rotatable bonds is 6. The summed E-state index contributed by atoms with van der Waals surface area (Å²) in [6.45, 7) is 12.0. The fourth-order valence-corrected chi connectivity index (χ4v) is 6.65. The Hall–Kier alpha value is -5.64. The zero-order chi connectivity index (χ0) is 35.8. The van der Waals surface area contributed by atoms with Crippen molar-refractivity contribution in [2.24, 2.45) is 5.92 Å². The van der Waals surface area contributed by atoms with Crippen molar-refractivity contribution in [3.05, 3.63) is 106 Å². The third-order valence-electron chi connectivity index (χ3n) is 10.2. The summed E-state index contributed by atoms with van der Waals surface area (Å²) in [5, 5.41) is 36.9. The van der Waals surface area contributed by atoms with Gasteiger partial charge in [0.1, 0.15) is 17.1 Å². The van der Waals surface area contributed by atoms with E-state index in [4.69, 9.17) is 15.2 Å². The molecule has 10 heteroatoms. The first-order chi connectivity index (χ1) is 23.7. The molecule has 1 atom stereocenters. The quantitative estimate of drug-likeness (QED) is 0.0626. The number of nitrogens with zero attached hydrogens (tertiary/aromatic N) is 1. The lowest BCUT2D eigenvalue weighted by Crippen LogP contribution is -2.56. The number of carbonyl (C=O) groups is 1. The zero-order valence-corrected chi connectivity index (χ0v) is 29.1. The Morgan fingerprint density at radius 3 is 2.42 bits per heavy atom. The summed E-state index contributed by atoms with van der Waals surface area (Å²) < 4.78 is 6.03. The van der Waals surface area contributed by atoms with Gasteiger partial charge in [-0.05, 0) is 86.2 Å². The summed E-state index contributed by atoms with van der Waals surface area (Å²) in [7, 11) is 0. The average molecular weight is 673 g/mol. The van der Waals surface area contributed by atoms with E-state index < -0.39 is 11.0 Å². The van der Waals surface area contributed by atoms with Crippen LogP contribution in [-0.4, -0.2) is 46.5 Å². The molecule has 0 saturated carbocycles. The van der Waals surface area contributed by atoms with Gasteiger partial charge in [-0.3, -0.25) is 25.7 Å². The maximum Gasteiger partial charge on any atom is 0.252 e. The van der Waals surface area contributed by atoms with E-state index in [1.54, 1.807) is 24.3 Å². The summed E-state index contributed by atoms with van der Waals surface area (Å²) in [6, 6.07) is 24.6. The molecular weight excluding hydrogens is 628 g/mol. The van der Waals surface area contributed by atoms with Crippen molar-refractivity contribution in [1.82, 2.24) is 15.5 Å². The number of carbonyl (C=O) groups excluding carboxylic acids is 1. The van der Waals surface area contributed by atoms with E-state index in [1.807, 2.05) is 61.2 Å². The predicted molar refractivity (Wildman–Crippen MR) is 199 cm³/mol. The highest BCUT2D eigenvalue weighted by atomic mass is 16.3. The van der Waals surface area contributed by atoms with Gasteiger partial charge < -0.3 is 25.1 Å². The minimum Gasteiger partial charge on any atom is -0.508 e. The Kier molecular flexibility index (Phi) is 9.14. The highest BCUT2D eigenvalue weighted by Crippen LogP contribution is 2.42. The molecule has 1 aliphatic carbocycles. The van der Waals surface area contributed by atoms with Crippen molar-refractivity contribution in [3.8, 4) is 28.2 Å². The molecule has 2 aliphatic heterocycles. The predicted octanol–water partition coefficient (Wildman–Crippen LogP) is 7.36. The van der Waals surface area contributed by atoms with Gasteiger partial charge in [0.25, 0.3) is 5.91 Å². The zero-order valence-electron chi connectivity index (χ0n) is 29.1. The number of guanidine groups is 2. The molecule has 3 aliphatic rings. The largest absolute Gasteiger partial charge is 0.508 e. The maximum absolute atomic E-state index is 14.2. The number of likely N-dealkylation sites (tertiary alicyclic amines) is 1. The first-order valence-corrected chi connectivity index (χ1v) is 16.9. The van der Waals surface area contributed by atoms with Crippen LogP contribution >= 0.6 is 0 Å². The normalized spacial score (nSPS) is 15.1. The second kappa shape index (κ2) is 13.3. The third kappa shape index (κ3) is 6.78. The van der Waals surface area contributed by atoms with Crippen LogP contribution in [0.25, 0.3) is 33.4 Å². The van der Waals surface area contributed by atoms with Gasteiger partial charge in [-0.15, -0.1) is 0 Å². The van der Waals surface area contributed by atoms with Gasteiger partial charge in [0.15, 0.2) is 17.3 Å². The summed E-state index contributed by atoms with van der Waals surface area (Å²) in [5.74, 6) is 0.916. The number of hydrogen-bond acceptors (Lipinski definition) is 6. The van der Waals surface area contributed by atoms with Crippen molar-refractivity contribution in [1.29, 1.82) is 10.8 Å². The fourth-order valence-electron chi connectivity index (χ4n) is 6.65. The molecule has 0 aromatic heterocycles. The van der Waals surface area contributed by atoms with Crippen molar-refractivity contribution in [2.75, 3.05) is 18.4 Å². The molecule has 6 N–H and O–H groups in total. The number of aromatic hydroxyl groups is 1. The molecule has 0 radical (unpaired) electrons. The van der Waals surface area contributed by atoms with Crippen LogP contribution in [0.5, 0.6) is 5.75 Å². The van der Waals surface area contributed by atoms with Gasteiger partial charge in [-0.25, -0.2) is 0 Å². The average Bonchev–Trinajstić information content (AvgIpc) is 3.07. The summed E-state index contributed by atoms with van der Waals surface area (Å²) >= 11 is 0. The van der Waals surface area contributed by atoms with E-state index in [0.29, 0.717) is 45.0 Å². The standard InChI is InChI=1S/C40H44N6O4/c1-24-9-8-20-46(23-24)38(42)44-37(41)43-26-14-12-25(13-15-26)39(2,3)40(4,5)45-36(49)30-11-7-6-10-29(30)35-31-18-16-27(47)21-33(31)50-34-22-28(48)17-19-32(34)35/h6-7,10-19,21-22,24,47H,8-9,20,23H2,1-5H3,(H,45,49)(H4,41,42,43,44). The van der Waals surface area contributed by atoms with Crippen LogP contribution in [0.4, 0.5) is 5.69 Å². The van der Waals surface area contributed by atoms with Crippen molar-refractivity contribution < 1.29 is 14.3 Å². The molecule has 0 spiro atoms. The van der Waals surface area contributed by atoms with Gasteiger partial charge in [0, 0.05) is 63.9 Å². The molecule has 10 nitrogen and oxygen atoms in total. The molecule has 1 fully saturated rings. The van der Waals surface area contributed by atoms with E-state index in [0.717, 1.165) is 37.1 Å². The number of phenolic OH excluding ortho intramolecular Hbond substituents is 1. The highest BCUT2D eigenvalue weighted by molar-refractivity contribution is 6.09. The minimum atomic E-state index is -0.722. The molecule has 258 valence electrons. The second-order valence-electron chi connectivity index (χ2n) is 14.3. The van der Waals surface area contributed by atoms with E-state index in [2.05, 4.69) is 36.7 Å². The number of piperidine rings is 1. The summed E-state index contributed by atoms with van der Waals surface area (Å²) in [6.07, 6.45) is 2.20. The van der Waals surface area contributed by atoms with Crippen LogP contribution in [0.2, 0.25) is 0 Å². The first kappa shape index (κ1) is 34.2. The molecule has 3 aromatic carbocycles. The van der Waals surface area contributed by atoms with E-state index >= 15 is 0 Å². The monoisotopic (exact) mass is 672 g/mol. The molecule has 1 amide bonds.